The van der Waals surface area contributed by atoms with Gasteiger partial charge in [-0.15, -0.1) is 0 Å². The van der Waals surface area contributed by atoms with E-state index in [9.17, 15) is 40.9 Å². The second kappa shape index (κ2) is 12.2. The van der Waals surface area contributed by atoms with Gasteiger partial charge in [0.05, 0.1) is 37.9 Å². The van der Waals surface area contributed by atoms with Crippen LogP contribution in [0.2, 0.25) is 0 Å². The van der Waals surface area contributed by atoms with Crippen molar-refractivity contribution in [3.8, 4) is 0 Å². The van der Waals surface area contributed by atoms with E-state index >= 15 is 0 Å². The molecule has 0 amide bonds. The van der Waals surface area contributed by atoms with Gasteiger partial charge in [-0.05, 0) is 11.9 Å². The molecule has 0 saturated carbocycles. The Morgan fingerprint density at radius 1 is 0.722 bits per heavy atom. The molecule has 3 heterocycles. The van der Waals surface area contributed by atoms with Gasteiger partial charge in [0.2, 0.25) is 0 Å². The van der Waals surface area contributed by atoms with Crippen LogP contribution in [0.3, 0.4) is 0 Å². The van der Waals surface area contributed by atoms with E-state index in [1.165, 1.54) is 0 Å². The van der Waals surface area contributed by atoms with E-state index < -0.39 is 111 Å². The van der Waals surface area contributed by atoms with E-state index in [-0.39, 0.29) is 0 Å². The van der Waals surface area contributed by atoms with Gasteiger partial charge < -0.3 is 81.7 Å². The Balaban J connectivity index is 1.76. The third-order valence-corrected chi connectivity index (χ3v) is 7.49. The summed E-state index contributed by atoms with van der Waals surface area (Å²) in [6, 6.07) is -4.02. The van der Waals surface area contributed by atoms with Gasteiger partial charge in [0, 0.05) is 0 Å². The molecule has 0 aliphatic carbocycles. The molecule has 212 valence electrons. The summed E-state index contributed by atoms with van der Waals surface area (Å²) in [4.78, 5) is -1.90. The van der Waals surface area contributed by atoms with Gasteiger partial charge in [-0.25, -0.2) is 0 Å². The summed E-state index contributed by atoms with van der Waals surface area (Å²) >= 11 is 0.414. The fraction of sp³-hybridized carbons (Fsp3) is 1.00. The Morgan fingerprint density at radius 3 is 1.75 bits per heavy atom. The van der Waals surface area contributed by atoms with E-state index in [0.717, 1.165) is 0 Å². The van der Waals surface area contributed by atoms with E-state index in [0.29, 0.717) is 11.9 Å². The summed E-state index contributed by atoms with van der Waals surface area (Å²) in [6.07, 6.45) is -16.3. The molecule has 2 unspecified atom stereocenters. The van der Waals surface area contributed by atoms with Crippen LogP contribution in [0.1, 0.15) is 0 Å². The minimum absolute atomic E-state index is 0.414. The molecule has 0 spiro atoms. The van der Waals surface area contributed by atoms with Crippen molar-refractivity contribution in [3.05, 3.63) is 0 Å². The Kier molecular flexibility index (Phi) is 10.3. The lowest BCUT2D eigenvalue weighted by Crippen LogP contribution is -2.71. The third-order valence-electron chi connectivity index (χ3n) is 6.62. The van der Waals surface area contributed by atoms with Crippen LogP contribution in [-0.4, -0.2) is 151 Å². The average Bonchev–Trinajstić information content (AvgIpc) is 2.88. The van der Waals surface area contributed by atoms with Gasteiger partial charge in [-0.1, -0.05) is 0 Å². The molecule has 0 radical (unpaired) electrons. The quantitative estimate of drug-likeness (QED) is 0.125. The monoisotopic (exact) mass is 548 g/mol. The maximum atomic E-state index is 10.9. The first-order chi connectivity index (χ1) is 17.0. The number of hydrogen-bond donors (Lipinski definition) is 12. The third kappa shape index (κ3) is 5.52. The predicted molar refractivity (Wildman–Crippen MR) is 118 cm³/mol. The number of rotatable bonds is 8. The number of nitrogens with two attached hydrogens (primary N) is 4. The second-order valence-corrected chi connectivity index (χ2v) is 9.82. The SMILES string of the molecule is NS[C@@]1(CO)O[C@H](OC2[C@@H](CO)O[C@@H](OC3[C@@H](CO)O[C@@H](O)[C@H](N)[C@H]3O)[C@H](N)[C@H]2O)[C@H](N)[C@@H](O)[C@@H]1O. The zero-order chi connectivity index (χ0) is 26.9. The normalized spacial score (nSPS) is 52.3. The van der Waals surface area contributed by atoms with Crippen molar-refractivity contribution in [1.29, 1.82) is 0 Å². The van der Waals surface area contributed by atoms with Gasteiger partial charge in [0.25, 0.3) is 0 Å². The largest absolute Gasteiger partial charge is 0.394 e. The molecule has 3 saturated heterocycles. The van der Waals surface area contributed by atoms with Crippen LogP contribution in [0.15, 0.2) is 0 Å². The summed E-state index contributed by atoms with van der Waals surface area (Å²) in [5, 5.41) is 86.4. The molecule has 16 N–H and O–H groups in total. The Labute approximate surface area is 209 Å². The van der Waals surface area contributed by atoms with Crippen molar-refractivity contribution in [2.75, 3.05) is 19.8 Å². The minimum atomic E-state index is -1.90. The van der Waals surface area contributed by atoms with Gasteiger partial charge in [0.15, 0.2) is 23.8 Å². The smallest absolute Gasteiger partial charge is 0.181 e. The maximum Gasteiger partial charge on any atom is 0.181 e. The molecule has 3 fully saturated rings. The first kappa shape index (κ1) is 30.2. The molecule has 0 aromatic rings. The number of aliphatic hydroxyl groups excluding tert-OH is 8. The molecular weight excluding hydrogens is 512 g/mol. The molecule has 3 aliphatic rings. The zero-order valence-corrected chi connectivity index (χ0v) is 19.9. The van der Waals surface area contributed by atoms with Crippen LogP contribution in [0.4, 0.5) is 0 Å². The molecule has 36 heavy (non-hydrogen) atoms. The highest BCUT2D eigenvalue weighted by Gasteiger charge is 2.56. The predicted octanol–water partition coefficient (Wildman–Crippen LogP) is -7.74. The minimum Gasteiger partial charge on any atom is -0.394 e. The Morgan fingerprint density at radius 2 is 1.22 bits per heavy atom. The number of hydrogen-bond acceptors (Lipinski definition) is 18. The van der Waals surface area contributed by atoms with Crippen LogP contribution in [0.5, 0.6) is 0 Å². The standard InChI is InChI=1S/C18H36N4O13S/c19-6-9(26)12(4(1-23)31-15(6)30)33-16-7(20)10(27)13(5(2-24)32-16)34-17-8(21)11(28)14(29)18(3-25,35-17)36-22/h4-17,23-30H,1-3,19-22H2/t4-,5-,6-,7-,8-,9-,10-,11-,12?,13?,14+,15-,16+,17+,18-/m1/s1. The molecule has 17 nitrogen and oxygen atoms in total. The number of ether oxygens (including phenoxy) is 5. The van der Waals surface area contributed by atoms with Crippen molar-refractivity contribution in [3.63, 3.8) is 0 Å². The van der Waals surface area contributed by atoms with Gasteiger partial charge in [-0.2, -0.15) is 0 Å². The highest BCUT2D eigenvalue weighted by molar-refractivity contribution is 7.98. The molecule has 0 aromatic carbocycles. The second-order valence-electron chi connectivity index (χ2n) is 8.90. The highest BCUT2D eigenvalue weighted by atomic mass is 32.2. The molecule has 0 aromatic heterocycles. The van der Waals surface area contributed by atoms with Crippen molar-refractivity contribution in [1.82, 2.24) is 0 Å². The average molecular weight is 549 g/mol. The van der Waals surface area contributed by atoms with Crippen molar-refractivity contribution < 1.29 is 64.5 Å². The van der Waals surface area contributed by atoms with E-state index in [4.69, 9.17) is 46.0 Å². The molecule has 15 atom stereocenters. The van der Waals surface area contributed by atoms with Crippen LogP contribution < -0.4 is 22.3 Å². The first-order valence-electron chi connectivity index (χ1n) is 11.1. The van der Waals surface area contributed by atoms with Crippen molar-refractivity contribution >= 4 is 11.9 Å². The Hall–Kier alpha value is -0.330. The van der Waals surface area contributed by atoms with Crippen LogP contribution in [0, 0.1) is 0 Å². The topological polar surface area (TPSA) is 312 Å². The van der Waals surface area contributed by atoms with E-state index in [2.05, 4.69) is 0 Å². The summed E-state index contributed by atoms with van der Waals surface area (Å²) in [7, 11) is 0. The van der Waals surface area contributed by atoms with Crippen LogP contribution in [0.25, 0.3) is 0 Å². The van der Waals surface area contributed by atoms with Crippen LogP contribution in [-0.2, 0) is 23.7 Å². The molecular formula is C18H36N4O13S. The van der Waals surface area contributed by atoms with Gasteiger partial charge in [-0.3, -0.25) is 5.14 Å². The zero-order valence-electron chi connectivity index (χ0n) is 19.0. The molecule has 0 bridgehead atoms. The van der Waals surface area contributed by atoms with Crippen molar-refractivity contribution in [2.45, 2.75) is 90.8 Å². The fourth-order valence-electron chi connectivity index (χ4n) is 4.32. The molecule has 3 aliphatic heterocycles. The van der Waals surface area contributed by atoms with Gasteiger partial charge >= 0.3 is 0 Å². The summed E-state index contributed by atoms with van der Waals surface area (Å²) < 4.78 is 27.7. The van der Waals surface area contributed by atoms with Crippen molar-refractivity contribution in [2.24, 2.45) is 22.3 Å². The first-order valence-corrected chi connectivity index (χ1v) is 12.0. The Bertz CT molecular complexity index is 710. The van der Waals surface area contributed by atoms with Gasteiger partial charge in [0.1, 0.15) is 48.8 Å². The van der Waals surface area contributed by atoms with E-state index in [1.54, 1.807) is 0 Å². The summed E-state index contributed by atoms with van der Waals surface area (Å²) in [5.74, 6) is 0. The highest BCUT2D eigenvalue weighted by Crippen LogP contribution is 2.37. The molecule has 3 rings (SSSR count). The van der Waals surface area contributed by atoms with E-state index in [1.807, 2.05) is 0 Å². The van der Waals surface area contributed by atoms with Crippen LogP contribution >= 0.6 is 11.9 Å². The summed E-state index contributed by atoms with van der Waals surface area (Å²) in [6.45, 7) is -2.22. The lowest BCUT2D eigenvalue weighted by molar-refractivity contribution is -0.351. The maximum absolute atomic E-state index is 10.9. The fourth-order valence-corrected chi connectivity index (χ4v) is 4.82. The summed E-state index contributed by atoms with van der Waals surface area (Å²) in [5.41, 5.74) is 17.7. The lowest BCUT2D eigenvalue weighted by atomic mass is 9.94. The lowest BCUT2D eigenvalue weighted by Gasteiger charge is -2.50. The molecule has 18 heteroatoms. The number of aliphatic hydroxyl groups is 8.